The van der Waals surface area contributed by atoms with Crippen molar-refractivity contribution in [3.63, 3.8) is 0 Å². The van der Waals surface area contributed by atoms with Gasteiger partial charge in [0.25, 0.3) is 0 Å². The summed E-state index contributed by atoms with van der Waals surface area (Å²) in [6.07, 6.45) is 27.8. The number of hydrogen-bond acceptors (Lipinski definition) is 8. The van der Waals surface area contributed by atoms with Gasteiger partial charge in [0, 0.05) is 65.0 Å². The van der Waals surface area contributed by atoms with E-state index in [1.54, 1.807) is 0 Å². The molecule has 0 spiro atoms. The monoisotopic (exact) mass is 697 g/mol. The number of carbonyl (C=O) groups is 2. The first kappa shape index (κ1) is 49.6. The fourth-order valence-corrected chi connectivity index (χ4v) is 5.77. The number of piperazine rings is 2. The number of likely N-dealkylation sites (N-methyl/N-ethyl adjacent to an activating group) is 2. The molecule has 292 valence electrons. The smallest absolute Gasteiger partial charge is 0.330 e. The van der Waals surface area contributed by atoms with E-state index in [4.69, 9.17) is 9.47 Å². The SMILES string of the molecule is C.C=CC(=O)OCCCCCCCCCCCC.CCCCCCCCCCCCOC(=O)CCN1CCN(C)CC1.CN1CCNCC1. The zero-order valence-electron chi connectivity index (χ0n) is 32.4. The number of hydrogen-bond donors (Lipinski definition) is 1. The quantitative estimate of drug-likeness (QED) is 0.0546. The molecule has 0 aromatic carbocycles. The maximum absolute atomic E-state index is 11.8. The summed E-state index contributed by atoms with van der Waals surface area (Å²) in [6, 6.07) is 0. The summed E-state index contributed by atoms with van der Waals surface area (Å²) in [5.41, 5.74) is 0. The second kappa shape index (κ2) is 39.3. The number of unbranched alkanes of at least 4 members (excludes halogenated alkanes) is 18. The minimum atomic E-state index is -0.305. The van der Waals surface area contributed by atoms with Gasteiger partial charge in [-0.25, -0.2) is 4.79 Å². The highest BCUT2D eigenvalue weighted by Gasteiger charge is 2.15. The molecular weight excluding hydrogens is 612 g/mol. The molecule has 2 aliphatic heterocycles. The van der Waals surface area contributed by atoms with Gasteiger partial charge in [-0.05, 0) is 26.9 Å². The summed E-state index contributed by atoms with van der Waals surface area (Å²) in [5.74, 6) is -0.328. The van der Waals surface area contributed by atoms with Gasteiger partial charge >= 0.3 is 11.9 Å². The highest BCUT2D eigenvalue weighted by molar-refractivity contribution is 5.81. The standard InChI is InChI=1S/C20H40N2O2.C15H28O2.C5H12N2.CH4/c1-3-4-5-6-7-8-9-10-11-12-19-24-20(23)13-14-22-17-15-21(2)16-18-22;1-3-5-6-7-8-9-10-11-12-13-14-17-15(16)4-2;1-7-4-2-6-3-5-7;/h3-19H2,1-2H3;4H,2-3,5-14H2,1H3;6H,2-5H2,1H3;1H4. The number of esters is 2. The molecule has 0 radical (unpaired) electrons. The molecule has 0 bridgehead atoms. The highest BCUT2D eigenvalue weighted by atomic mass is 16.5. The first-order valence-electron chi connectivity index (χ1n) is 20.2. The van der Waals surface area contributed by atoms with Gasteiger partial charge in [-0.3, -0.25) is 4.79 Å². The Morgan fingerprint density at radius 3 is 1.37 bits per heavy atom. The van der Waals surface area contributed by atoms with Gasteiger partial charge in [0.1, 0.15) is 0 Å². The number of carbonyl (C=O) groups excluding carboxylic acids is 2. The van der Waals surface area contributed by atoms with Crippen LogP contribution in [0.25, 0.3) is 0 Å². The Morgan fingerprint density at radius 2 is 0.980 bits per heavy atom. The summed E-state index contributed by atoms with van der Waals surface area (Å²) in [7, 11) is 4.30. The Labute approximate surface area is 305 Å². The maximum atomic E-state index is 11.8. The van der Waals surface area contributed by atoms with Crippen molar-refractivity contribution in [3.8, 4) is 0 Å². The van der Waals surface area contributed by atoms with E-state index in [0.717, 1.165) is 58.7 Å². The first-order chi connectivity index (χ1) is 23.4. The minimum absolute atomic E-state index is 0. The van der Waals surface area contributed by atoms with E-state index in [0.29, 0.717) is 19.6 Å². The lowest BCUT2D eigenvalue weighted by atomic mass is 10.1. The lowest BCUT2D eigenvalue weighted by molar-refractivity contribution is -0.144. The van der Waals surface area contributed by atoms with Gasteiger partial charge in [0.15, 0.2) is 0 Å². The van der Waals surface area contributed by atoms with Crippen LogP contribution >= 0.6 is 0 Å². The van der Waals surface area contributed by atoms with Crippen LogP contribution in [0.1, 0.15) is 156 Å². The lowest BCUT2D eigenvalue weighted by Gasteiger charge is -2.31. The second-order valence-corrected chi connectivity index (χ2v) is 13.9. The van der Waals surface area contributed by atoms with Crippen molar-refractivity contribution >= 4 is 11.9 Å². The van der Waals surface area contributed by atoms with E-state index in [9.17, 15) is 9.59 Å². The third-order valence-electron chi connectivity index (χ3n) is 9.24. The Balaban J connectivity index is 0. The molecule has 2 heterocycles. The average molecular weight is 697 g/mol. The van der Waals surface area contributed by atoms with E-state index in [-0.39, 0.29) is 19.4 Å². The van der Waals surface area contributed by atoms with E-state index < -0.39 is 0 Å². The molecule has 0 unspecified atom stereocenters. The zero-order chi connectivity index (χ0) is 35.3. The topological polar surface area (TPSA) is 74.4 Å². The largest absolute Gasteiger partial charge is 0.466 e. The normalized spacial score (nSPS) is 15.2. The van der Waals surface area contributed by atoms with Crippen molar-refractivity contribution in [1.82, 2.24) is 20.0 Å². The van der Waals surface area contributed by atoms with Crippen LogP contribution in [0.5, 0.6) is 0 Å². The fourth-order valence-electron chi connectivity index (χ4n) is 5.77. The van der Waals surface area contributed by atoms with E-state index >= 15 is 0 Å². The van der Waals surface area contributed by atoms with E-state index in [1.807, 2.05) is 0 Å². The number of nitrogens with one attached hydrogen (secondary N) is 1. The van der Waals surface area contributed by atoms with Gasteiger partial charge in [0.2, 0.25) is 0 Å². The third-order valence-corrected chi connectivity index (χ3v) is 9.24. The van der Waals surface area contributed by atoms with Crippen LogP contribution in [0.3, 0.4) is 0 Å². The first-order valence-corrected chi connectivity index (χ1v) is 20.2. The Kier molecular flexibility index (Phi) is 39.8. The van der Waals surface area contributed by atoms with Crippen molar-refractivity contribution in [1.29, 1.82) is 0 Å². The predicted octanol–water partition coefficient (Wildman–Crippen LogP) is 8.88. The van der Waals surface area contributed by atoms with Gasteiger partial charge in [0.05, 0.1) is 19.6 Å². The Hall–Kier alpha value is -1.48. The van der Waals surface area contributed by atoms with E-state index in [2.05, 4.69) is 54.5 Å². The number of ether oxygens (including phenoxy) is 2. The average Bonchev–Trinajstić information content (AvgIpc) is 3.10. The molecule has 0 aromatic heterocycles. The minimum Gasteiger partial charge on any atom is -0.466 e. The van der Waals surface area contributed by atoms with Crippen LogP contribution in [0, 0.1) is 0 Å². The molecule has 8 nitrogen and oxygen atoms in total. The highest BCUT2D eigenvalue weighted by Crippen LogP contribution is 2.12. The maximum Gasteiger partial charge on any atom is 0.330 e. The molecule has 49 heavy (non-hydrogen) atoms. The van der Waals surface area contributed by atoms with E-state index in [1.165, 1.54) is 135 Å². The van der Waals surface area contributed by atoms with Crippen LogP contribution in [0.4, 0.5) is 0 Å². The molecule has 0 saturated carbocycles. The number of nitrogens with zero attached hydrogens (tertiary/aromatic N) is 3. The van der Waals surface area contributed by atoms with Gasteiger partial charge in [-0.2, -0.15) is 0 Å². The molecule has 2 saturated heterocycles. The predicted molar refractivity (Wildman–Crippen MR) is 211 cm³/mol. The van der Waals surface area contributed by atoms with Crippen LogP contribution in [-0.4, -0.2) is 113 Å². The molecule has 8 heteroatoms. The van der Waals surface area contributed by atoms with Crippen LogP contribution in [0.15, 0.2) is 12.7 Å². The fraction of sp³-hybridized carbons (Fsp3) is 0.902. The number of rotatable bonds is 26. The summed E-state index contributed by atoms with van der Waals surface area (Å²) >= 11 is 0. The van der Waals surface area contributed by atoms with Gasteiger partial charge < -0.3 is 29.5 Å². The molecule has 0 atom stereocenters. The zero-order valence-corrected chi connectivity index (χ0v) is 32.4. The molecule has 0 aliphatic carbocycles. The van der Waals surface area contributed by atoms with Crippen LogP contribution < -0.4 is 5.32 Å². The lowest BCUT2D eigenvalue weighted by Crippen LogP contribution is -2.45. The van der Waals surface area contributed by atoms with Crippen LogP contribution in [0.2, 0.25) is 0 Å². The van der Waals surface area contributed by atoms with Crippen molar-refractivity contribution in [3.05, 3.63) is 12.7 Å². The molecule has 1 N–H and O–H groups in total. The summed E-state index contributed by atoms with van der Waals surface area (Å²) < 4.78 is 10.3. The molecule has 0 amide bonds. The van der Waals surface area contributed by atoms with Crippen molar-refractivity contribution < 1.29 is 19.1 Å². The molecule has 0 aromatic rings. The summed E-state index contributed by atoms with van der Waals surface area (Å²) in [6.45, 7) is 19.0. The molecule has 2 fully saturated rings. The summed E-state index contributed by atoms with van der Waals surface area (Å²) in [4.78, 5) is 29.5. The molecule has 2 aliphatic rings. The molecule has 2 rings (SSSR count). The Bertz CT molecular complexity index is 710. The molecular formula is C41H84N4O4. The summed E-state index contributed by atoms with van der Waals surface area (Å²) in [5, 5.41) is 3.27. The van der Waals surface area contributed by atoms with Gasteiger partial charge in [-0.1, -0.05) is 143 Å². The van der Waals surface area contributed by atoms with Crippen molar-refractivity contribution in [2.24, 2.45) is 0 Å². The van der Waals surface area contributed by atoms with Gasteiger partial charge in [-0.15, -0.1) is 0 Å². The van der Waals surface area contributed by atoms with Crippen molar-refractivity contribution in [2.45, 2.75) is 156 Å². The second-order valence-electron chi connectivity index (χ2n) is 13.9. The Morgan fingerprint density at radius 1 is 0.592 bits per heavy atom. The third kappa shape index (κ3) is 37.6. The van der Waals surface area contributed by atoms with Crippen LogP contribution in [-0.2, 0) is 19.1 Å². The van der Waals surface area contributed by atoms with Crippen molar-refractivity contribution in [2.75, 3.05) is 86.2 Å².